The minimum Gasteiger partial charge on any atom is -0.301 e. The van der Waals surface area contributed by atoms with Gasteiger partial charge in [-0.3, -0.25) is 4.90 Å². The molecule has 0 amide bonds. The highest BCUT2D eigenvalue weighted by molar-refractivity contribution is 4.82. The molecule has 0 aromatic rings. The zero-order chi connectivity index (χ0) is 10.7. The molecule has 0 unspecified atom stereocenters. The maximum absolute atomic E-state index is 2.75. The summed E-state index contributed by atoms with van der Waals surface area (Å²) in [7, 11) is 0. The van der Waals surface area contributed by atoms with Gasteiger partial charge in [-0.1, -0.05) is 26.7 Å². The van der Waals surface area contributed by atoms with Crippen molar-refractivity contribution in [3.63, 3.8) is 0 Å². The fourth-order valence-corrected chi connectivity index (χ4v) is 3.18. The predicted octanol–water partition coefficient (Wildman–Crippen LogP) is 2.20. The molecule has 2 fully saturated rings. The molecule has 1 aliphatic heterocycles. The van der Waals surface area contributed by atoms with Crippen molar-refractivity contribution >= 4 is 0 Å². The molecular weight excluding hydrogens is 184 g/mol. The van der Waals surface area contributed by atoms with Gasteiger partial charge in [0.1, 0.15) is 0 Å². The van der Waals surface area contributed by atoms with Crippen molar-refractivity contribution in [1.29, 1.82) is 0 Å². The second-order valence-electron chi connectivity index (χ2n) is 5.40. The topological polar surface area (TPSA) is 6.48 Å². The van der Waals surface area contributed by atoms with Gasteiger partial charge in [-0.2, -0.15) is 0 Å². The SMILES string of the molecule is CCN1CCN([C@@H]2CCC[C@@H](C)C2)CC1. The lowest BCUT2D eigenvalue weighted by Gasteiger charge is -2.41. The summed E-state index contributed by atoms with van der Waals surface area (Å²) in [4.78, 5) is 5.32. The highest BCUT2D eigenvalue weighted by Crippen LogP contribution is 2.27. The van der Waals surface area contributed by atoms with Crippen LogP contribution in [0, 0.1) is 5.92 Å². The van der Waals surface area contributed by atoms with Crippen molar-refractivity contribution in [2.45, 2.75) is 45.6 Å². The number of hydrogen-bond acceptors (Lipinski definition) is 2. The monoisotopic (exact) mass is 210 g/mol. The Morgan fingerprint density at radius 2 is 1.80 bits per heavy atom. The van der Waals surface area contributed by atoms with E-state index in [-0.39, 0.29) is 0 Å². The molecule has 2 nitrogen and oxygen atoms in total. The van der Waals surface area contributed by atoms with E-state index in [0.29, 0.717) is 0 Å². The summed E-state index contributed by atoms with van der Waals surface area (Å²) in [6.07, 6.45) is 5.83. The normalized spacial score (nSPS) is 35.6. The van der Waals surface area contributed by atoms with Crippen molar-refractivity contribution in [3.05, 3.63) is 0 Å². The fourth-order valence-electron chi connectivity index (χ4n) is 3.18. The Kier molecular flexibility index (Phi) is 4.04. The van der Waals surface area contributed by atoms with Crippen molar-refractivity contribution < 1.29 is 0 Å². The first kappa shape index (κ1) is 11.4. The van der Waals surface area contributed by atoms with E-state index in [1.165, 1.54) is 58.4 Å². The molecule has 0 aromatic heterocycles. The van der Waals surface area contributed by atoms with E-state index in [0.717, 1.165) is 12.0 Å². The van der Waals surface area contributed by atoms with Crippen LogP contribution in [-0.2, 0) is 0 Å². The Bertz CT molecular complexity index is 185. The molecule has 88 valence electrons. The first-order valence-corrected chi connectivity index (χ1v) is 6.76. The Morgan fingerprint density at radius 1 is 1.07 bits per heavy atom. The summed E-state index contributed by atoms with van der Waals surface area (Å²) in [5.41, 5.74) is 0. The molecule has 1 saturated carbocycles. The van der Waals surface area contributed by atoms with Gasteiger partial charge in [0, 0.05) is 32.2 Å². The molecule has 1 aliphatic carbocycles. The third kappa shape index (κ3) is 2.94. The van der Waals surface area contributed by atoms with Crippen molar-refractivity contribution in [3.8, 4) is 0 Å². The predicted molar refractivity (Wildman–Crippen MR) is 65.1 cm³/mol. The van der Waals surface area contributed by atoms with Crippen LogP contribution < -0.4 is 0 Å². The van der Waals surface area contributed by atoms with Gasteiger partial charge < -0.3 is 4.90 Å². The van der Waals surface area contributed by atoms with Crippen LogP contribution in [0.5, 0.6) is 0 Å². The van der Waals surface area contributed by atoms with E-state index in [2.05, 4.69) is 23.6 Å². The fraction of sp³-hybridized carbons (Fsp3) is 1.00. The molecule has 1 heterocycles. The lowest BCUT2D eigenvalue weighted by atomic mass is 9.86. The summed E-state index contributed by atoms with van der Waals surface area (Å²) in [6, 6.07) is 0.910. The van der Waals surface area contributed by atoms with Crippen LogP contribution in [0.15, 0.2) is 0 Å². The molecular formula is C13H26N2. The molecule has 0 bridgehead atoms. The Hall–Kier alpha value is -0.0800. The van der Waals surface area contributed by atoms with Gasteiger partial charge in [0.25, 0.3) is 0 Å². The van der Waals surface area contributed by atoms with Crippen molar-refractivity contribution in [2.24, 2.45) is 5.92 Å². The number of hydrogen-bond donors (Lipinski definition) is 0. The van der Waals surface area contributed by atoms with Gasteiger partial charge in [0.15, 0.2) is 0 Å². The first-order valence-electron chi connectivity index (χ1n) is 6.76. The summed E-state index contributed by atoms with van der Waals surface area (Å²) < 4.78 is 0. The zero-order valence-corrected chi connectivity index (χ0v) is 10.4. The number of rotatable bonds is 2. The maximum Gasteiger partial charge on any atom is 0.0113 e. The third-order valence-electron chi connectivity index (χ3n) is 4.28. The van der Waals surface area contributed by atoms with Gasteiger partial charge in [0.2, 0.25) is 0 Å². The van der Waals surface area contributed by atoms with Crippen molar-refractivity contribution in [1.82, 2.24) is 9.80 Å². The van der Waals surface area contributed by atoms with Gasteiger partial charge in [-0.15, -0.1) is 0 Å². The molecule has 2 aliphatic rings. The van der Waals surface area contributed by atoms with Crippen LogP contribution in [0.25, 0.3) is 0 Å². The lowest BCUT2D eigenvalue weighted by molar-refractivity contribution is 0.0714. The zero-order valence-electron chi connectivity index (χ0n) is 10.4. The smallest absolute Gasteiger partial charge is 0.0113 e. The molecule has 2 heteroatoms. The van der Waals surface area contributed by atoms with Crippen LogP contribution >= 0.6 is 0 Å². The summed E-state index contributed by atoms with van der Waals surface area (Å²) in [5, 5.41) is 0. The van der Waals surface area contributed by atoms with E-state index < -0.39 is 0 Å². The van der Waals surface area contributed by atoms with Crippen LogP contribution in [0.4, 0.5) is 0 Å². The third-order valence-corrected chi connectivity index (χ3v) is 4.28. The van der Waals surface area contributed by atoms with Crippen molar-refractivity contribution in [2.75, 3.05) is 32.7 Å². The van der Waals surface area contributed by atoms with E-state index in [9.17, 15) is 0 Å². The van der Waals surface area contributed by atoms with Crippen LogP contribution in [-0.4, -0.2) is 48.6 Å². The molecule has 1 saturated heterocycles. The van der Waals surface area contributed by atoms with Gasteiger partial charge >= 0.3 is 0 Å². The van der Waals surface area contributed by atoms with Crippen LogP contribution in [0.3, 0.4) is 0 Å². The lowest BCUT2D eigenvalue weighted by Crippen LogP contribution is -2.51. The molecule has 0 spiro atoms. The molecule has 0 aromatic carbocycles. The molecule has 2 atom stereocenters. The van der Waals surface area contributed by atoms with Crippen LogP contribution in [0.2, 0.25) is 0 Å². The summed E-state index contributed by atoms with van der Waals surface area (Å²) >= 11 is 0. The molecule has 0 N–H and O–H groups in total. The first-order chi connectivity index (χ1) is 7.29. The average Bonchev–Trinajstić information content (AvgIpc) is 2.29. The molecule has 15 heavy (non-hydrogen) atoms. The highest BCUT2D eigenvalue weighted by Gasteiger charge is 2.26. The minimum absolute atomic E-state index is 0.910. The number of piperazine rings is 1. The van der Waals surface area contributed by atoms with E-state index >= 15 is 0 Å². The van der Waals surface area contributed by atoms with Gasteiger partial charge in [0.05, 0.1) is 0 Å². The Morgan fingerprint density at radius 3 is 2.40 bits per heavy atom. The maximum atomic E-state index is 2.75. The van der Waals surface area contributed by atoms with Gasteiger partial charge in [-0.05, 0) is 25.3 Å². The summed E-state index contributed by atoms with van der Waals surface area (Å²) in [6.45, 7) is 11.1. The van der Waals surface area contributed by atoms with Gasteiger partial charge in [-0.25, -0.2) is 0 Å². The Labute approximate surface area is 94.6 Å². The van der Waals surface area contributed by atoms with E-state index in [1.54, 1.807) is 0 Å². The molecule has 0 radical (unpaired) electrons. The average molecular weight is 210 g/mol. The van der Waals surface area contributed by atoms with Crippen LogP contribution in [0.1, 0.15) is 39.5 Å². The minimum atomic E-state index is 0.910. The van der Waals surface area contributed by atoms with E-state index in [1.807, 2.05) is 0 Å². The second kappa shape index (κ2) is 5.31. The standard InChI is InChI=1S/C13H26N2/c1-3-14-7-9-15(10-8-14)13-6-4-5-12(2)11-13/h12-13H,3-11H2,1-2H3/t12-,13-/m1/s1. The molecule has 2 rings (SSSR count). The highest BCUT2D eigenvalue weighted by atomic mass is 15.3. The van der Waals surface area contributed by atoms with E-state index in [4.69, 9.17) is 0 Å². The number of nitrogens with zero attached hydrogens (tertiary/aromatic N) is 2. The Balaban J connectivity index is 1.79. The second-order valence-corrected chi connectivity index (χ2v) is 5.40. The number of likely N-dealkylation sites (N-methyl/N-ethyl adjacent to an activating group) is 1. The largest absolute Gasteiger partial charge is 0.301 e. The quantitative estimate of drug-likeness (QED) is 0.689. The summed E-state index contributed by atoms with van der Waals surface area (Å²) in [5.74, 6) is 0.966.